The molecule has 0 spiro atoms. The van der Waals surface area contributed by atoms with Crippen LogP contribution in [-0.2, 0) is 32.7 Å². The molecule has 0 rings (SSSR count). The van der Waals surface area contributed by atoms with Gasteiger partial charge < -0.3 is 27.9 Å². The second-order valence-corrected chi connectivity index (χ2v) is 16.1. The standard InChI is InChI=1S/C40H76NO8P/c1-6-8-10-12-14-16-18-20-22-24-26-28-30-32-39(42)46-36-38(37-48-50(44,45)47-35-34-41(3,4)5)49-40(43)33-31-29-27-25-23-21-19-17-15-13-11-9-7-2/h16-19,38H,6-15,20-37H2,1-5H3/b18-16+,19-17+/t38-/m1/s1. The van der Waals surface area contributed by atoms with E-state index in [1.165, 1.54) is 64.2 Å². The zero-order chi connectivity index (χ0) is 37.2. The van der Waals surface area contributed by atoms with Crippen molar-refractivity contribution >= 4 is 19.8 Å². The van der Waals surface area contributed by atoms with Gasteiger partial charge in [0.15, 0.2) is 6.10 Å². The third-order valence-corrected chi connectivity index (χ3v) is 9.41. The summed E-state index contributed by atoms with van der Waals surface area (Å²) in [7, 11) is 1.15. The SMILES string of the molecule is CCCCCC/C=C/CCCCCCCC(=O)OC[C@H](COP(=O)([O-])OCC[N+](C)(C)C)OC(=O)CCCCCCC/C=C/CCCCCC. The van der Waals surface area contributed by atoms with Crippen LogP contribution in [0.1, 0.15) is 168 Å². The van der Waals surface area contributed by atoms with Gasteiger partial charge in [0.1, 0.15) is 19.8 Å². The predicted octanol–water partition coefficient (Wildman–Crippen LogP) is 10.2. The number of rotatable bonds is 36. The predicted molar refractivity (Wildman–Crippen MR) is 204 cm³/mol. The molecule has 0 aliphatic carbocycles. The van der Waals surface area contributed by atoms with Gasteiger partial charge in [-0.1, -0.05) is 115 Å². The van der Waals surface area contributed by atoms with E-state index < -0.39 is 32.5 Å². The lowest BCUT2D eigenvalue weighted by Gasteiger charge is -2.28. The maximum Gasteiger partial charge on any atom is 0.306 e. The van der Waals surface area contributed by atoms with E-state index in [1.54, 1.807) is 0 Å². The van der Waals surface area contributed by atoms with E-state index in [9.17, 15) is 19.0 Å². The lowest BCUT2D eigenvalue weighted by Crippen LogP contribution is -2.37. The highest BCUT2D eigenvalue weighted by molar-refractivity contribution is 7.45. The van der Waals surface area contributed by atoms with Gasteiger partial charge >= 0.3 is 11.9 Å². The smallest absolute Gasteiger partial charge is 0.306 e. The fourth-order valence-corrected chi connectivity index (χ4v) is 5.96. The van der Waals surface area contributed by atoms with E-state index in [4.69, 9.17) is 18.5 Å². The first-order valence-electron chi connectivity index (χ1n) is 20.0. The molecule has 0 aromatic rings. The topological polar surface area (TPSA) is 111 Å². The summed E-state index contributed by atoms with van der Waals surface area (Å²) in [6.45, 7) is 4.16. The lowest BCUT2D eigenvalue weighted by atomic mass is 10.1. The number of likely N-dealkylation sites (N-methyl/N-ethyl adjacent to an activating group) is 1. The summed E-state index contributed by atoms with van der Waals surface area (Å²) in [5.74, 6) is -0.855. The Balaban J connectivity index is 4.44. The summed E-state index contributed by atoms with van der Waals surface area (Å²) in [5.41, 5.74) is 0. The summed E-state index contributed by atoms with van der Waals surface area (Å²) in [6.07, 6.45) is 33.4. The number of phosphoric acid groups is 1. The largest absolute Gasteiger partial charge is 0.756 e. The molecule has 0 saturated heterocycles. The van der Waals surface area contributed by atoms with Gasteiger partial charge in [-0.05, 0) is 64.2 Å². The van der Waals surface area contributed by atoms with Crippen LogP contribution in [0, 0.1) is 0 Å². The average Bonchev–Trinajstić information content (AvgIpc) is 3.06. The van der Waals surface area contributed by atoms with Crippen LogP contribution in [0.3, 0.4) is 0 Å². The number of unbranched alkanes of at least 4 members (excludes halogenated alkanes) is 18. The van der Waals surface area contributed by atoms with Gasteiger partial charge in [-0.15, -0.1) is 0 Å². The Hall–Kier alpha value is -1.51. The van der Waals surface area contributed by atoms with Gasteiger partial charge in [-0.25, -0.2) is 0 Å². The summed E-state index contributed by atoms with van der Waals surface area (Å²) >= 11 is 0. The van der Waals surface area contributed by atoms with E-state index in [0.717, 1.165) is 70.6 Å². The van der Waals surface area contributed by atoms with Crippen molar-refractivity contribution in [2.45, 2.75) is 174 Å². The van der Waals surface area contributed by atoms with Crippen LogP contribution in [0.15, 0.2) is 24.3 Å². The van der Waals surface area contributed by atoms with Gasteiger partial charge in [0.25, 0.3) is 7.82 Å². The van der Waals surface area contributed by atoms with Gasteiger partial charge in [0.05, 0.1) is 27.7 Å². The molecule has 0 N–H and O–H groups in total. The summed E-state index contributed by atoms with van der Waals surface area (Å²) in [5, 5.41) is 0. The number of esters is 2. The van der Waals surface area contributed by atoms with Crippen LogP contribution in [-0.4, -0.2) is 70.0 Å². The molecule has 0 aliphatic heterocycles. The Morgan fingerprint density at radius 1 is 0.600 bits per heavy atom. The molecule has 9 nitrogen and oxygen atoms in total. The van der Waals surface area contributed by atoms with Crippen LogP contribution in [0.25, 0.3) is 0 Å². The molecule has 0 heterocycles. The monoisotopic (exact) mass is 730 g/mol. The number of hydrogen-bond donors (Lipinski definition) is 0. The quantitative estimate of drug-likeness (QED) is 0.0206. The van der Waals surface area contributed by atoms with Crippen molar-refractivity contribution in [2.75, 3.05) is 47.5 Å². The van der Waals surface area contributed by atoms with Crippen molar-refractivity contribution in [3.05, 3.63) is 24.3 Å². The molecule has 0 amide bonds. The molecular weight excluding hydrogens is 653 g/mol. The molecule has 10 heteroatoms. The molecule has 0 fully saturated rings. The van der Waals surface area contributed by atoms with Crippen molar-refractivity contribution in [3.63, 3.8) is 0 Å². The number of quaternary nitrogens is 1. The summed E-state index contributed by atoms with van der Waals surface area (Å²) in [6, 6.07) is 0. The first-order chi connectivity index (χ1) is 24.0. The summed E-state index contributed by atoms with van der Waals surface area (Å²) in [4.78, 5) is 37.3. The highest BCUT2D eigenvalue weighted by Crippen LogP contribution is 2.38. The zero-order valence-electron chi connectivity index (χ0n) is 32.8. The van der Waals surface area contributed by atoms with E-state index in [0.29, 0.717) is 17.4 Å². The molecule has 0 aromatic carbocycles. The Kier molecular flexibility index (Phi) is 32.3. The molecule has 0 saturated carbocycles. The number of nitrogens with zero attached hydrogens (tertiary/aromatic N) is 1. The molecule has 2 atom stereocenters. The van der Waals surface area contributed by atoms with Crippen LogP contribution in [0.4, 0.5) is 0 Å². The van der Waals surface area contributed by atoms with Crippen LogP contribution < -0.4 is 4.89 Å². The van der Waals surface area contributed by atoms with Gasteiger partial charge in [-0.3, -0.25) is 14.2 Å². The van der Waals surface area contributed by atoms with E-state index in [2.05, 4.69) is 38.2 Å². The van der Waals surface area contributed by atoms with Gasteiger partial charge in [-0.2, -0.15) is 0 Å². The van der Waals surface area contributed by atoms with Crippen molar-refractivity contribution in [2.24, 2.45) is 0 Å². The number of hydrogen-bond acceptors (Lipinski definition) is 8. The van der Waals surface area contributed by atoms with E-state index in [1.807, 2.05) is 21.1 Å². The van der Waals surface area contributed by atoms with Crippen LogP contribution >= 0.6 is 7.82 Å². The minimum Gasteiger partial charge on any atom is -0.756 e. The Morgan fingerprint density at radius 2 is 1.02 bits per heavy atom. The fraction of sp³-hybridized carbons (Fsp3) is 0.850. The Bertz CT molecular complexity index is 918. The molecule has 50 heavy (non-hydrogen) atoms. The van der Waals surface area contributed by atoms with Crippen molar-refractivity contribution in [1.29, 1.82) is 0 Å². The lowest BCUT2D eigenvalue weighted by molar-refractivity contribution is -0.870. The Morgan fingerprint density at radius 3 is 1.48 bits per heavy atom. The number of allylic oxidation sites excluding steroid dienone is 4. The maximum atomic E-state index is 12.6. The molecule has 294 valence electrons. The van der Waals surface area contributed by atoms with E-state index in [-0.39, 0.29) is 26.1 Å². The highest BCUT2D eigenvalue weighted by atomic mass is 31.2. The fourth-order valence-electron chi connectivity index (χ4n) is 5.23. The first kappa shape index (κ1) is 48.5. The molecule has 0 aromatic heterocycles. The van der Waals surface area contributed by atoms with Crippen LogP contribution in [0.2, 0.25) is 0 Å². The number of phosphoric ester groups is 1. The van der Waals surface area contributed by atoms with Gasteiger partial charge in [0.2, 0.25) is 0 Å². The zero-order valence-corrected chi connectivity index (χ0v) is 33.7. The second-order valence-electron chi connectivity index (χ2n) is 14.6. The Labute approximate surface area is 307 Å². The molecule has 0 aliphatic rings. The van der Waals surface area contributed by atoms with Crippen molar-refractivity contribution in [1.82, 2.24) is 0 Å². The normalized spacial score (nSPS) is 14.0. The van der Waals surface area contributed by atoms with Crippen molar-refractivity contribution in [3.8, 4) is 0 Å². The third kappa shape index (κ3) is 36.3. The number of carbonyl (C=O) groups excluding carboxylic acids is 2. The summed E-state index contributed by atoms with van der Waals surface area (Å²) < 4.78 is 33.8. The second kappa shape index (κ2) is 33.3. The number of carbonyl (C=O) groups is 2. The minimum atomic E-state index is -4.62. The van der Waals surface area contributed by atoms with Gasteiger partial charge in [0, 0.05) is 12.8 Å². The molecule has 0 radical (unpaired) electrons. The van der Waals surface area contributed by atoms with Crippen molar-refractivity contribution < 1.29 is 42.1 Å². The molecule has 0 bridgehead atoms. The third-order valence-electron chi connectivity index (χ3n) is 8.44. The highest BCUT2D eigenvalue weighted by Gasteiger charge is 2.21. The number of ether oxygens (including phenoxy) is 2. The molecular formula is C40H76NO8P. The first-order valence-corrected chi connectivity index (χ1v) is 21.5. The average molecular weight is 730 g/mol. The minimum absolute atomic E-state index is 0.0329. The van der Waals surface area contributed by atoms with E-state index >= 15 is 0 Å². The van der Waals surface area contributed by atoms with Crippen LogP contribution in [0.5, 0.6) is 0 Å². The molecule has 1 unspecified atom stereocenters. The maximum absolute atomic E-state index is 12.6.